The number of carbonyl (C=O) groups is 2. The van der Waals surface area contributed by atoms with Crippen LogP contribution in [0.1, 0.15) is 33.2 Å². The lowest BCUT2D eigenvalue weighted by Crippen LogP contribution is -2.42. The van der Waals surface area contributed by atoms with E-state index < -0.39 is 5.97 Å². The van der Waals surface area contributed by atoms with Gasteiger partial charge in [0.2, 0.25) is 0 Å². The van der Waals surface area contributed by atoms with Crippen LogP contribution in [0.15, 0.2) is 73.1 Å². The van der Waals surface area contributed by atoms with Crippen LogP contribution < -0.4 is 15.0 Å². The van der Waals surface area contributed by atoms with Crippen molar-refractivity contribution in [2.24, 2.45) is 0 Å². The van der Waals surface area contributed by atoms with Crippen LogP contribution in [0, 0.1) is 0 Å². The number of hydrogen-bond acceptors (Lipinski definition) is 6. The van der Waals surface area contributed by atoms with Crippen LogP contribution in [-0.2, 0) is 11.3 Å². The molecule has 0 bridgehead atoms. The summed E-state index contributed by atoms with van der Waals surface area (Å²) < 4.78 is 10.2. The zero-order chi connectivity index (χ0) is 22.9. The molecule has 1 aromatic heterocycles. The summed E-state index contributed by atoms with van der Waals surface area (Å²) in [6.45, 7) is 2.46. The maximum atomic E-state index is 12.8. The molecule has 8 heteroatoms. The lowest BCUT2D eigenvalue weighted by molar-refractivity contribution is 0.0526. The molecule has 0 radical (unpaired) electrons. The maximum absolute atomic E-state index is 12.8. The normalized spacial score (nSPS) is 10.2. The van der Waals surface area contributed by atoms with Crippen molar-refractivity contribution in [2.45, 2.75) is 13.5 Å². The van der Waals surface area contributed by atoms with Crippen molar-refractivity contribution in [3.63, 3.8) is 0 Å². The quantitative estimate of drug-likeness (QED) is 0.431. The number of carbonyl (C=O) groups excluding carboxylic acids is 2. The Morgan fingerprint density at radius 3 is 2.41 bits per heavy atom. The summed E-state index contributed by atoms with van der Waals surface area (Å²) in [7, 11) is 1.54. The molecule has 0 saturated heterocycles. The van der Waals surface area contributed by atoms with Gasteiger partial charge in [0.25, 0.3) is 5.91 Å². The average molecular weight is 450 g/mol. The maximum Gasteiger partial charge on any atom is 0.338 e. The number of thiocarbonyl (C=S) groups is 1. The summed E-state index contributed by atoms with van der Waals surface area (Å²) in [5.41, 5.74) is 2.53. The number of benzene rings is 2. The van der Waals surface area contributed by atoms with Crippen LogP contribution >= 0.6 is 12.2 Å². The van der Waals surface area contributed by atoms with Gasteiger partial charge in [0, 0.05) is 23.6 Å². The van der Waals surface area contributed by atoms with Gasteiger partial charge in [-0.3, -0.25) is 15.1 Å². The number of hydrogen-bond donors (Lipinski definition) is 1. The SMILES string of the molecule is CCOC(=O)c1ccc(N(Cc2ccncc2)C(=S)NC(=O)c2cccc(OC)c2)cc1. The van der Waals surface area contributed by atoms with Crippen molar-refractivity contribution in [1.29, 1.82) is 0 Å². The standard InChI is InChI=1S/C24H23N3O4S/c1-3-31-23(29)18-7-9-20(10-8-18)27(16-17-11-13-25-14-12-17)24(32)26-22(28)19-5-4-6-21(15-19)30-2/h4-15H,3,16H2,1-2H3,(H,26,28,32). The second-order valence-corrected chi connectivity index (χ2v) is 7.09. The third-order valence-electron chi connectivity index (χ3n) is 4.58. The fourth-order valence-corrected chi connectivity index (χ4v) is 3.21. The number of amides is 1. The van der Waals surface area contributed by atoms with Crippen LogP contribution in [0.2, 0.25) is 0 Å². The first-order valence-corrected chi connectivity index (χ1v) is 10.4. The van der Waals surface area contributed by atoms with Crippen molar-refractivity contribution in [1.82, 2.24) is 10.3 Å². The van der Waals surface area contributed by atoms with E-state index in [1.807, 2.05) is 12.1 Å². The number of rotatable bonds is 7. The largest absolute Gasteiger partial charge is 0.497 e. The Kier molecular flexibility index (Phi) is 7.88. The number of pyridine rings is 1. The van der Waals surface area contributed by atoms with Crippen molar-refractivity contribution in [3.8, 4) is 5.75 Å². The minimum atomic E-state index is -0.395. The number of anilines is 1. The highest BCUT2D eigenvalue weighted by Crippen LogP contribution is 2.20. The Labute approximate surface area is 192 Å². The van der Waals surface area contributed by atoms with Crippen LogP contribution in [-0.4, -0.2) is 35.7 Å². The number of esters is 1. The second kappa shape index (κ2) is 11.0. The molecule has 3 aromatic rings. The predicted octanol–water partition coefficient (Wildman–Crippen LogP) is 3.99. The van der Waals surface area contributed by atoms with Crippen molar-refractivity contribution in [2.75, 3.05) is 18.6 Å². The molecule has 1 N–H and O–H groups in total. The summed E-state index contributed by atoms with van der Waals surface area (Å²) in [5.74, 6) is -0.169. The fourth-order valence-electron chi connectivity index (χ4n) is 2.94. The van der Waals surface area contributed by atoms with Gasteiger partial charge in [0.1, 0.15) is 5.75 Å². The number of ether oxygens (including phenoxy) is 2. The summed E-state index contributed by atoms with van der Waals surface area (Å²) in [5, 5.41) is 3.00. The minimum Gasteiger partial charge on any atom is -0.497 e. The highest BCUT2D eigenvalue weighted by Gasteiger charge is 2.18. The van der Waals surface area contributed by atoms with Crippen molar-refractivity contribution >= 4 is 34.9 Å². The van der Waals surface area contributed by atoms with Crippen LogP contribution in [0.25, 0.3) is 0 Å². The molecule has 1 amide bonds. The van der Waals surface area contributed by atoms with Crippen LogP contribution in [0.3, 0.4) is 0 Å². The highest BCUT2D eigenvalue weighted by atomic mass is 32.1. The van der Waals surface area contributed by atoms with Gasteiger partial charge in [-0.15, -0.1) is 0 Å². The van der Waals surface area contributed by atoms with Crippen molar-refractivity contribution < 1.29 is 19.1 Å². The first kappa shape index (κ1) is 22.9. The van der Waals surface area contributed by atoms with Gasteiger partial charge in [-0.05, 0) is 79.3 Å². The molecule has 0 saturated carbocycles. The Morgan fingerprint density at radius 2 is 1.75 bits per heavy atom. The second-order valence-electron chi connectivity index (χ2n) is 6.70. The van der Waals surface area contributed by atoms with Gasteiger partial charge < -0.3 is 14.4 Å². The van der Waals surface area contributed by atoms with E-state index in [-0.39, 0.29) is 11.0 Å². The Morgan fingerprint density at radius 1 is 1.03 bits per heavy atom. The topological polar surface area (TPSA) is 80.8 Å². The van der Waals surface area contributed by atoms with Gasteiger partial charge in [-0.2, -0.15) is 0 Å². The van der Waals surface area contributed by atoms with E-state index in [4.69, 9.17) is 21.7 Å². The first-order valence-electron chi connectivity index (χ1n) is 9.94. The average Bonchev–Trinajstić information content (AvgIpc) is 2.83. The Bertz CT molecular complexity index is 1090. The lowest BCUT2D eigenvalue weighted by atomic mass is 10.1. The molecule has 7 nitrogen and oxygen atoms in total. The minimum absolute atomic E-state index is 0.221. The molecule has 32 heavy (non-hydrogen) atoms. The molecular formula is C24H23N3O4S. The smallest absolute Gasteiger partial charge is 0.338 e. The summed E-state index contributed by atoms with van der Waals surface area (Å²) >= 11 is 5.58. The molecule has 1 heterocycles. The van der Waals surface area contributed by atoms with E-state index in [1.165, 1.54) is 7.11 Å². The third kappa shape index (κ3) is 5.89. The fraction of sp³-hybridized carbons (Fsp3) is 0.167. The zero-order valence-corrected chi connectivity index (χ0v) is 18.6. The summed E-state index contributed by atoms with van der Waals surface area (Å²) in [6, 6.07) is 17.4. The first-order chi connectivity index (χ1) is 15.5. The summed E-state index contributed by atoms with van der Waals surface area (Å²) in [4.78, 5) is 30.6. The summed E-state index contributed by atoms with van der Waals surface area (Å²) in [6.07, 6.45) is 3.38. The predicted molar refractivity (Wildman–Crippen MR) is 126 cm³/mol. The molecule has 3 rings (SSSR count). The zero-order valence-electron chi connectivity index (χ0n) is 17.8. The number of aromatic nitrogens is 1. The molecule has 0 atom stereocenters. The molecular weight excluding hydrogens is 426 g/mol. The van der Waals surface area contributed by atoms with Crippen LogP contribution in [0.5, 0.6) is 5.75 Å². The Balaban J connectivity index is 1.84. The van der Waals surface area contributed by atoms with Gasteiger partial charge in [-0.25, -0.2) is 4.79 Å². The number of methoxy groups -OCH3 is 1. The van der Waals surface area contributed by atoms with E-state index in [0.717, 1.165) is 5.56 Å². The van der Waals surface area contributed by atoms with E-state index in [0.29, 0.717) is 35.7 Å². The molecule has 0 fully saturated rings. The van der Waals surface area contributed by atoms with Crippen LogP contribution in [0.4, 0.5) is 5.69 Å². The number of nitrogens with one attached hydrogen (secondary N) is 1. The third-order valence-corrected chi connectivity index (χ3v) is 4.90. The number of nitrogens with zero attached hydrogens (tertiary/aromatic N) is 2. The van der Waals surface area contributed by atoms with E-state index in [1.54, 1.807) is 72.7 Å². The van der Waals surface area contributed by atoms with Gasteiger partial charge in [-0.1, -0.05) is 6.07 Å². The monoisotopic (exact) mass is 449 g/mol. The highest BCUT2D eigenvalue weighted by molar-refractivity contribution is 7.80. The van der Waals surface area contributed by atoms with Crippen molar-refractivity contribution in [3.05, 3.63) is 89.7 Å². The molecule has 0 aliphatic heterocycles. The van der Waals surface area contributed by atoms with E-state index in [9.17, 15) is 9.59 Å². The molecule has 0 aliphatic rings. The van der Waals surface area contributed by atoms with E-state index >= 15 is 0 Å². The molecule has 2 aromatic carbocycles. The van der Waals surface area contributed by atoms with Gasteiger partial charge >= 0.3 is 5.97 Å². The molecule has 0 spiro atoms. The molecule has 0 unspecified atom stereocenters. The van der Waals surface area contributed by atoms with Gasteiger partial charge in [0.15, 0.2) is 5.11 Å². The Hall–Kier alpha value is -3.78. The van der Waals surface area contributed by atoms with E-state index in [2.05, 4.69) is 10.3 Å². The lowest BCUT2D eigenvalue weighted by Gasteiger charge is -2.26. The molecule has 164 valence electrons. The van der Waals surface area contributed by atoms with Gasteiger partial charge in [0.05, 0.1) is 25.8 Å². The molecule has 0 aliphatic carbocycles.